The Kier molecular flexibility index (Phi) is 5.25. The van der Waals surface area contributed by atoms with Crippen molar-refractivity contribution in [3.05, 3.63) is 64.9 Å². The van der Waals surface area contributed by atoms with Crippen molar-refractivity contribution in [1.82, 2.24) is 0 Å². The average Bonchev–Trinajstić information content (AvgIpc) is 3.31. The number of hydrogen-bond donors (Lipinski definition) is 2. The summed E-state index contributed by atoms with van der Waals surface area (Å²) in [7, 11) is 0. The molecule has 9 heteroatoms. The van der Waals surface area contributed by atoms with Gasteiger partial charge in [-0.1, -0.05) is 23.4 Å². The summed E-state index contributed by atoms with van der Waals surface area (Å²) in [5.41, 5.74) is 7.86. The highest BCUT2D eigenvalue weighted by Gasteiger charge is 2.37. The monoisotopic (exact) mass is 415 g/mol. The molecule has 2 aliphatic rings. The first kappa shape index (κ1) is 18.8. The van der Waals surface area contributed by atoms with Gasteiger partial charge in [-0.25, -0.2) is 14.4 Å². The predicted molar refractivity (Wildman–Crippen MR) is 112 cm³/mol. The van der Waals surface area contributed by atoms with Crippen LogP contribution in [-0.2, 0) is 4.79 Å². The van der Waals surface area contributed by atoms with E-state index in [9.17, 15) is 9.18 Å². The number of Topliss-reactive ketones (excluding diaryl/α,β-unsaturated/α-hetero) is 1. The van der Waals surface area contributed by atoms with Crippen LogP contribution in [0.15, 0.2) is 63.5 Å². The molecule has 0 spiro atoms. The number of halogens is 2. The fourth-order valence-corrected chi connectivity index (χ4v) is 3.92. The first-order valence-electron chi connectivity index (χ1n) is 8.44. The molecule has 0 saturated carbocycles. The van der Waals surface area contributed by atoms with Crippen LogP contribution in [-0.4, -0.2) is 40.5 Å². The largest absolute Gasteiger partial charge is 0.335 e. The Morgan fingerprint density at radius 3 is 2.61 bits per heavy atom. The Balaban J connectivity index is 1.42. The summed E-state index contributed by atoms with van der Waals surface area (Å²) in [5.74, 6) is -0.0147. The van der Waals surface area contributed by atoms with Crippen molar-refractivity contribution in [2.75, 3.05) is 11.9 Å². The lowest BCUT2D eigenvalue weighted by Gasteiger charge is -2.11. The second-order valence-electron chi connectivity index (χ2n) is 6.16. The second kappa shape index (κ2) is 7.83. The average molecular weight is 416 g/mol. The number of nitrogens with two attached hydrogens (primary N) is 1. The molecular formula is C19H15ClFN5OS. The summed E-state index contributed by atoms with van der Waals surface area (Å²) in [4.78, 5) is 25.9. The highest BCUT2D eigenvalue weighted by molar-refractivity contribution is 8.15. The lowest BCUT2D eigenvalue weighted by atomic mass is 10.1. The first-order chi connectivity index (χ1) is 13.5. The number of carbonyl (C=O) groups is 1. The van der Waals surface area contributed by atoms with Crippen LogP contribution in [0.1, 0.15) is 5.56 Å². The molecule has 2 atom stereocenters. The minimum Gasteiger partial charge on any atom is -0.335 e. The summed E-state index contributed by atoms with van der Waals surface area (Å²) >= 11 is 7.13. The summed E-state index contributed by atoms with van der Waals surface area (Å²) < 4.78 is 13.0. The van der Waals surface area contributed by atoms with Gasteiger partial charge in [-0.3, -0.25) is 9.79 Å². The Morgan fingerprint density at radius 2 is 1.89 bits per heavy atom. The number of nitrogens with one attached hydrogen (secondary N) is 1. The van der Waals surface area contributed by atoms with E-state index in [2.05, 4.69) is 20.3 Å². The summed E-state index contributed by atoms with van der Waals surface area (Å²) in [6.07, 6.45) is -0.692. The minimum absolute atomic E-state index is 0.190. The molecule has 0 fully saturated rings. The van der Waals surface area contributed by atoms with Gasteiger partial charge in [0.1, 0.15) is 22.9 Å². The molecule has 6 nitrogen and oxygen atoms in total. The van der Waals surface area contributed by atoms with E-state index in [1.54, 1.807) is 24.3 Å². The van der Waals surface area contributed by atoms with E-state index in [4.69, 9.17) is 17.3 Å². The fraction of sp³-hybridized carbons (Fsp3) is 0.158. The number of carbonyl (C=O) groups excluding carboxylic acids is 1. The lowest BCUT2D eigenvalue weighted by Crippen LogP contribution is -2.38. The topological polar surface area (TPSA) is 92.2 Å². The van der Waals surface area contributed by atoms with Gasteiger partial charge >= 0.3 is 0 Å². The van der Waals surface area contributed by atoms with Gasteiger partial charge in [-0.15, -0.1) is 0 Å². The Morgan fingerprint density at radius 1 is 1.18 bits per heavy atom. The van der Waals surface area contributed by atoms with E-state index >= 15 is 0 Å². The third kappa shape index (κ3) is 3.99. The van der Waals surface area contributed by atoms with E-state index in [1.165, 1.54) is 23.9 Å². The van der Waals surface area contributed by atoms with Crippen molar-refractivity contribution in [2.45, 2.75) is 11.4 Å². The maximum Gasteiger partial charge on any atom is 0.195 e. The van der Waals surface area contributed by atoms with Crippen molar-refractivity contribution in [2.24, 2.45) is 20.7 Å². The first-order valence-corrected chi connectivity index (χ1v) is 9.70. The van der Waals surface area contributed by atoms with Crippen LogP contribution in [0.3, 0.4) is 0 Å². The van der Waals surface area contributed by atoms with E-state index < -0.39 is 11.4 Å². The van der Waals surface area contributed by atoms with E-state index in [0.29, 0.717) is 27.4 Å². The highest BCUT2D eigenvalue weighted by atomic mass is 35.5. The van der Waals surface area contributed by atoms with Gasteiger partial charge in [0.2, 0.25) is 0 Å². The SMILES string of the molecule is NC1N=C(Nc2ccc(F)cc2)SC1C(=O)C1=NC(c2ccc(Cl)cc2)=NC1. The standard InChI is InChI=1S/C19H15ClFN5OS/c20-11-3-1-10(2-4-11)18-23-9-14(25-18)15(27)16-17(22)26-19(28-16)24-13-7-5-12(21)6-8-13/h1-8,16-17H,9,22H2,(H,24,26). The fourth-order valence-electron chi connectivity index (χ4n) is 2.75. The highest BCUT2D eigenvalue weighted by Crippen LogP contribution is 2.27. The molecule has 28 heavy (non-hydrogen) atoms. The normalized spacial score (nSPS) is 21.2. The van der Waals surface area contributed by atoms with Crippen LogP contribution in [0, 0.1) is 5.82 Å². The van der Waals surface area contributed by atoms with Crippen LogP contribution in [0.5, 0.6) is 0 Å². The van der Waals surface area contributed by atoms with Gasteiger partial charge in [0.25, 0.3) is 0 Å². The number of anilines is 1. The predicted octanol–water partition coefficient (Wildman–Crippen LogP) is 3.12. The number of thioether (sulfide) groups is 1. The van der Waals surface area contributed by atoms with Crippen LogP contribution < -0.4 is 11.1 Å². The van der Waals surface area contributed by atoms with E-state index in [1.807, 2.05) is 12.1 Å². The molecule has 2 heterocycles. The number of benzene rings is 2. The van der Waals surface area contributed by atoms with Gasteiger partial charge in [-0.05, 0) is 48.5 Å². The Hall–Kier alpha value is -2.55. The zero-order valence-corrected chi connectivity index (χ0v) is 16.0. The molecule has 0 aliphatic carbocycles. The van der Waals surface area contributed by atoms with Crippen LogP contribution in [0.25, 0.3) is 0 Å². The number of aliphatic imine (C=N–C) groups is 3. The van der Waals surface area contributed by atoms with Crippen molar-refractivity contribution in [1.29, 1.82) is 0 Å². The Bertz CT molecular complexity index is 1000. The quantitative estimate of drug-likeness (QED) is 0.802. The molecule has 0 amide bonds. The molecule has 2 unspecified atom stereocenters. The molecule has 142 valence electrons. The number of nitrogens with zero attached hydrogens (tertiary/aromatic N) is 3. The van der Waals surface area contributed by atoms with Gasteiger partial charge < -0.3 is 11.1 Å². The minimum atomic E-state index is -0.692. The molecule has 3 N–H and O–H groups in total. The van der Waals surface area contributed by atoms with Crippen molar-refractivity contribution in [3.8, 4) is 0 Å². The van der Waals surface area contributed by atoms with Crippen LogP contribution in [0.2, 0.25) is 5.02 Å². The van der Waals surface area contributed by atoms with Crippen molar-refractivity contribution < 1.29 is 9.18 Å². The number of ketones is 1. The smallest absolute Gasteiger partial charge is 0.195 e. The lowest BCUT2D eigenvalue weighted by molar-refractivity contribution is -0.112. The zero-order chi connectivity index (χ0) is 19.7. The number of rotatable bonds is 4. The van der Waals surface area contributed by atoms with Crippen molar-refractivity contribution >= 4 is 51.5 Å². The molecule has 4 rings (SSSR count). The van der Waals surface area contributed by atoms with Gasteiger partial charge in [0.15, 0.2) is 16.8 Å². The molecule has 0 saturated heterocycles. The van der Waals surface area contributed by atoms with Crippen LogP contribution >= 0.6 is 23.4 Å². The molecule has 2 aromatic rings. The summed E-state index contributed by atoms with van der Waals surface area (Å²) in [5, 5.41) is 3.59. The molecular weight excluding hydrogens is 401 g/mol. The number of hydrogen-bond acceptors (Lipinski definition) is 7. The summed E-state index contributed by atoms with van der Waals surface area (Å²) in [6.45, 7) is 0.210. The van der Waals surface area contributed by atoms with Gasteiger partial charge in [0.05, 0.1) is 6.54 Å². The maximum absolute atomic E-state index is 13.0. The van der Waals surface area contributed by atoms with E-state index in [0.717, 1.165) is 5.56 Å². The summed E-state index contributed by atoms with van der Waals surface area (Å²) in [6, 6.07) is 13.0. The Labute approximate surface area is 169 Å². The van der Waals surface area contributed by atoms with E-state index in [-0.39, 0.29) is 18.1 Å². The number of amidine groups is 2. The zero-order valence-electron chi connectivity index (χ0n) is 14.5. The van der Waals surface area contributed by atoms with Crippen LogP contribution in [0.4, 0.5) is 10.1 Å². The van der Waals surface area contributed by atoms with Gasteiger partial charge in [-0.2, -0.15) is 0 Å². The molecule has 2 aromatic carbocycles. The third-order valence-electron chi connectivity index (χ3n) is 4.18. The maximum atomic E-state index is 13.0. The second-order valence-corrected chi connectivity index (χ2v) is 7.73. The molecule has 0 radical (unpaired) electrons. The molecule has 0 aromatic heterocycles. The van der Waals surface area contributed by atoms with Gasteiger partial charge in [0, 0.05) is 16.3 Å². The molecule has 0 bridgehead atoms. The third-order valence-corrected chi connectivity index (χ3v) is 5.60. The molecule has 2 aliphatic heterocycles. The van der Waals surface area contributed by atoms with Crippen molar-refractivity contribution in [3.63, 3.8) is 0 Å².